The van der Waals surface area contributed by atoms with E-state index < -0.39 is 11.2 Å². The van der Waals surface area contributed by atoms with E-state index in [1.54, 1.807) is 0 Å². The second-order valence-corrected chi connectivity index (χ2v) is 4.24. The van der Waals surface area contributed by atoms with E-state index in [0.29, 0.717) is 0 Å². The molecule has 0 aromatic rings. The lowest BCUT2D eigenvalue weighted by Gasteiger charge is -2.34. The molecule has 0 bridgehead atoms. The lowest BCUT2D eigenvalue weighted by molar-refractivity contribution is -0.252. The Morgan fingerprint density at radius 2 is 1.77 bits per heavy atom. The Balaban J connectivity index is 3.07. The van der Waals surface area contributed by atoms with Crippen molar-refractivity contribution >= 4 is 5.71 Å². The highest BCUT2D eigenvalue weighted by Crippen LogP contribution is 2.38. The summed E-state index contributed by atoms with van der Waals surface area (Å²) in [5, 5.41) is 13.2. The van der Waals surface area contributed by atoms with E-state index in [0.717, 1.165) is 23.6 Å². The van der Waals surface area contributed by atoms with Crippen LogP contribution in [0.4, 0.5) is 0 Å². The average Bonchev–Trinajstić information content (AvgIpc) is 2.27. The molecular formula is C10H19N2O. The first-order valence-electron chi connectivity index (χ1n) is 4.95. The summed E-state index contributed by atoms with van der Waals surface area (Å²) in [7, 11) is 0. The van der Waals surface area contributed by atoms with Gasteiger partial charge in [-0.15, -0.1) is 10.3 Å². The zero-order valence-corrected chi connectivity index (χ0v) is 9.22. The minimum atomic E-state index is -0.492. The molecule has 3 nitrogen and oxygen atoms in total. The van der Waals surface area contributed by atoms with Crippen molar-refractivity contribution in [2.24, 2.45) is 4.99 Å². The van der Waals surface area contributed by atoms with Gasteiger partial charge in [0, 0.05) is 5.71 Å². The number of hydrogen-bond acceptors (Lipinski definition) is 2. The molecule has 0 aromatic carbocycles. The van der Waals surface area contributed by atoms with Crippen molar-refractivity contribution in [1.82, 2.24) is 5.06 Å². The maximum atomic E-state index is 12.0. The van der Waals surface area contributed by atoms with Crippen molar-refractivity contribution < 1.29 is 5.21 Å². The Labute approximate surface area is 80.4 Å². The molecule has 0 amide bonds. The SMILES string of the molecule is CCC1(CC)N=C(C)C(C)(C)N1[O]. The Hall–Kier alpha value is -0.410. The molecule has 1 aliphatic heterocycles. The number of nitrogens with zero attached hydrogens (tertiary/aromatic N) is 2. The van der Waals surface area contributed by atoms with Crippen molar-refractivity contribution in [3.05, 3.63) is 0 Å². The third-order valence-corrected chi connectivity index (χ3v) is 3.28. The van der Waals surface area contributed by atoms with Gasteiger partial charge in [0.1, 0.15) is 5.66 Å². The minimum absolute atomic E-state index is 0.425. The number of aliphatic imine (C=N–C) groups is 1. The quantitative estimate of drug-likeness (QED) is 0.647. The molecule has 1 radical (unpaired) electrons. The summed E-state index contributed by atoms with van der Waals surface area (Å²) in [5.41, 5.74) is 0.0331. The van der Waals surface area contributed by atoms with E-state index in [9.17, 15) is 5.21 Å². The van der Waals surface area contributed by atoms with Crippen molar-refractivity contribution in [3.8, 4) is 0 Å². The molecule has 1 heterocycles. The zero-order chi connectivity index (χ0) is 10.3. The van der Waals surface area contributed by atoms with Crippen LogP contribution in [0.15, 0.2) is 4.99 Å². The monoisotopic (exact) mass is 183 g/mol. The smallest absolute Gasteiger partial charge is 0.139 e. The average molecular weight is 183 g/mol. The molecule has 13 heavy (non-hydrogen) atoms. The predicted molar refractivity (Wildman–Crippen MR) is 53.0 cm³/mol. The molecule has 75 valence electrons. The van der Waals surface area contributed by atoms with Gasteiger partial charge >= 0.3 is 0 Å². The van der Waals surface area contributed by atoms with Gasteiger partial charge in [-0.05, 0) is 33.6 Å². The summed E-state index contributed by atoms with van der Waals surface area (Å²) in [6.07, 6.45) is 1.57. The molecule has 0 aromatic heterocycles. The van der Waals surface area contributed by atoms with Crippen LogP contribution < -0.4 is 0 Å². The molecule has 1 rings (SSSR count). The Morgan fingerprint density at radius 3 is 1.92 bits per heavy atom. The first kappa shape index (κ1) is 10.7. The van der Waals surface area contributed by atoms with Crippen molar-refractivity contribution in [2.45, 2.75) is 58.7 Å². The third-order valence-electron chi connectivity index (χ3n) is 3.28. The third kappa shape index (κ3) is 1.30. The van der Waals surface area contributed by atoms with E-state index in [1.807, 2.05) is 34.6 Å². The van der Waals surface area contributed by atoms with Crippen molar-refractivity contribution in [3.63, 3.8) is 0 Å². The molecule has 0 N–H and O–H groups in total. The zero-order valence-electron chi connectivity index (χ0n) is 9.22. The van der Waals surface area contributed by atoms with Crippen LogP contribution in [0.5, 0.6) is 0 Å². The van der Waals surface area contributed by atoms with Gasteiger partial charge in [0.05, 0.1) is 5.54 Å². The van der Waals surface area contributed by atoms with Crippen LogP contribution in [-0.4, -0.2) is 22.0 Å². The maximum absolute atomic E-state index is 12.0. The molecule has 0 unspecified atom stereocenters. The fourth-order valence-corrected chi connectivity index (χ4v) is 1.86. The molecule has 0 atom stereocenters. The van der Waals surface area contributed by atoms with Crippen LogP contribution in [0.1, 0.15) is 47.5 Å². The van der Waals surface area contributed by atoms with Crippen LogP contribution in [0.3, 0.4) is 0 Å². The highest BCUT2D eigenvalue weighted by atomic mass is 16.5. The Morgan fingerprint density at radius 1 is 1.31 bits per heavy atom. The summed E-state index contributed by atoms with van der Waals surface area (Å²) in [6.45, 7) is 9.86. The summed E-state index contributed by atoms with van der Waals surface area (Å²) in [5.74, 6) is 0. The predicted octanol–water partition coefficient (Wildman–Crippen LogP) is 2.40. The molecule has 1 aliphatic rings. The molecular weight excluding hydrogens is 164 g/mol. The van der Waals surface area contributed by atoms with Crippen LogP contribution in [0, 0.1) is 0 Å². The van der Waals surface area contributed by atoms with Gasteiger partial charge in [0.15, 0.2) is 0 Å². The van der Waals surface area contributed by atoms with Crippen molar-refractivity contribution in [2.75, 3.05) is 0 Å². The van der Waals surface area contributed by atoms with Gasteiger partial charge in [-0.25, -0.2) is 0 Å². The molecule has 0 spiro atoms. The molecule has 0 aliphatic carbocycles. The van der Waals surface area contributed by atoms with E-state index >= 15 is 0 Å². The summed E-state index contributed by atoms with van der Waals surface area (Å²) < 4.78 is 0. The first-order chi connectivity index (χ1) is 5.90. The number of rotatable bonds is 2. The topological polar surface area (TPSA) is 35.5 Å². The second kappa shape index (κ2) is 3.07. The van der Waals surface area contributed by atoms with Gasteiger partial charge in [0.25, 0.3) is 0 Å². The van der Waals surface area contributed by atoms with E-state index in [1.165, 1.54) is 0 Å². The van der Waals surface area contributed by atoms with E-state index in [-0.39, 0.29) is 0 Å². The summed E-state index contributed by atoms with van der Waals surface area (Å²) in [4.78, 5) is 4.52. The van der Waals surface area contributed by atoms with Gasteiger partial charge in [0.2, 0.25) is 0 Å². The highest BCUT2D eigenvalue weighted by molar-refractivity contribution is 5.92. The van der Waals surface area contributed by atoms with Crippen LogP contribution in [0.25, 0.3) is 0 Å². The normalized spacial score (nSPS) is 26.2. The molecule has 0 saturated heterocycles. The number of hydrogen-bond donors (Lipinski definition) is 0. The highest BCUT2D eigenvalue weighted by Gasteiger charge is 2.49. The van der Waals surface area contributed by atoms with E-state index in [4.69, 9.17) is 0 Å². The Kier molecular flexibility index (Phi) is 2.52. The lowest BCUT2D eigenvalue weighted by Crippen LogP contribution is -2.50. The van der Waals surface area contributed by atoms with Gasteiger partial charge < -0.3 is 0 Å². The number of hydroxylamine groups is 2. The standard InChI is InChI=1S/C10H19N2O/c1-6-10(7-2)11-8(3)9(4,5)12(10)13/h6-7H2,1-5H3. The molecule has 0 fully saturated rings. The van der Waals surface area contributed by atoms with Crippen LogP contribution in [-0.2, 0) is 5.21 Å². The molecule has 0 saturated carbocycles. The van der Waals surface area contributed by atoms with Crippen LogP contribution >= 0.6 is 0 Å². The van der Waals surface area contributed by atoms with Crippen LogP contribution in [0.2, 0.25) is 0 Å². The lowest BCUT2D eigenvalue weighted by atomic mass is 9.98. The summed E-state index contributed by atoms with van der Waals surface area (Å²) >= 11 is 0. The van der Waals surface area contributed by atoms with E-state index in [2.05, 4.69) is 4.99 Å². The maximum Gasteiger partial charge on any atom is 0.139 e. The molecule has 3 heteroatoms. The van der Waals surface area contributed by atoms with Gasteiger partial charge in [-0.2, -0.15) is 0 Å². The van der Waals surface area contributed by atoms with Crippen molar-refractivity contribution in [1.29, 1.82) is 0 Å². The fraction of sp³-hybridized carbons (Fsp3) is 0.900. The Bertz CT molecular complexity index is 229. The largest absolute Gasteiger partial charge is 0.268 e. The minimum Gasteiger partial charge on any atom is -0.268 e. The fourth-order valence-electron chi connectivity index (χ4n) is 1.86. The van der Waals surface area contributed by atoms with Gasteiger partial charge in [-0.1, -0.05) is 13.8 Å². The summed E-state index contributed by atoms with van der Waals surface area (Å²) in [6, 6.07) is 0. The first-order valence-corrected chi connectivity index (χ1v) is 4.95. The van der Waals surface area contributed by atoms with Gasteiger partial charge in [-0.3, -0.25) is 4.99 Å². The second-order valence-electron chi connectivity index (χ2n) is 4.24.